The lowest BCUT2D eigenvalue weighted by Crippen LogP contribution is -2.35. The van der Waals surface area contributed by atoms with E-state index in [1.807, 2.05) is 25.1 Å². The number of amides is 2. The number of hydrogen-bond acceptors (Lipinski definition) is 5. The minimum atomic E-state index is -0.338. The smallest absolute Gasteiger partial charge is 0.409 e. The summed E-state index contributed by atoms with van der Waals surface area (Å²) in [5.41, 5.74) is 2.50. The Hall–Kier alpha value is -2.41. The highest BCUT2D eigenvalue weighted by Crippen LogP contribution is 2.29. The lowest BCUT2D eigenvalue weighted by molar-refractivity contribution is 0.102. The van der Waals surface area contributed by atoms with Crippen molar-refractivity contribution >= 4 is 28.5 Å². The maximum atomic E-state index is 12.3. The summed E-state index contributed by atoms with van der Waals surface area (Å²) >= 11 is 1.40. The number of aryl methyl sites for hydroxylation is 1. The van der Waals surface area contributed by atoms with Crippen molar-refractivity contribution in [3.8, 4) is 0 Å². The first kappa shape index (κ1) is 15.5. The normalized spacial score (nSPS) is 13.4. The van der Waals surface area contributed by atoms with Crippen LogP contribution in [0.2, 0.25) is 0 Å². The minimum absolute atomic E-state index is 0.168. The van der Waals surface area contributed by atoms with Crippen LogP contribution in [0.5, 0.6) is 0 Å². The quantitative estimate of drug-likeness (QED) is 0.918. The number of ether oxygens (including phenoxy) is 1. The first-order valence-corrected chi connectivity index (χ1v) is 8.08. The first-order valence-electron chi connectivity index (χ1n) is 7.27. The molecule has 2 heterocycles. The van der Waals surface area contributed by atoms with Crippen LogP contribution in [0.1, 0.15) is 26.5 Å². The molecule has 1 N–H and O–H groups in total. The van der Waals surface area contributed by atoms with Crippen molar-refractivity contribution in [1.82, 2.24) is 9.88 Å². The van der Waals surface area contributed by atoms with Gasteiger partial charge in [0.25, 0.3) is 5.91 Å². The highest BCUT2D eigenvalue weighted by atomic mass is 32.1. The average molecular weight is 331 g/mol. The molecular weight excluding hydrogens is 314 g/mol. The fourth-order valence-electron chi connectivity index (χ4n) is 2.53. The number of rotatable bonds is 2. The van der Waals surface area contributed by atoms with Gasteiger partial charge in [-0.2, -0.15) is 0 Å². The van der Waals surface area contributed by atoms with Gasteiger partial charge in [-0.05, 0) is 18.6 Å². The zero-order valence-electron chi connectivity index (χ0n) is 13.0. The Labute approximate surface area is 138 Å². The van der Waals surface area contributed by atoms with Crippen molar-refractivity contribution in [2.75, 3.05) is 19.0 Å². The Morgan fingerprint density at radius 2 is 2.13 bits per heavy atom. The molecule has 0 bridgehead atoms. The third kappa shape index (κ3) is 3.19. The molecule has 2 amide bonds. The van der Waals surface area contributed by atoms with Crippen molar-refractivity contribution < 1.29 is 14.3 Å². The molecule has 0 atom stereocenters. The topological polar surface area (TPSA) is 71.5 Å². The number of carbonyl (C=O) groups excluding carboxylic acids is 2. The van der Waals surface area contributed by atoms with E-state index in [1.165, 1.54) is 18.4 Å². The van der Waals surface area contributed by atoms with Crippen LogP contribution in [0.25, 0.3) is 0 Å². The Balaban J connectivity index is 1.74. The van der Waals surface area contributed by atoms with E-state index in [9.17, 15) is 9.59 Å². The molecule has 120 valence electrons. The summed E-state index contributed by atoms with van der Waals surface area (Å²) in [5, 5.41) is 3.41. The highest BCUT2D eigenvalue weighted by molar-refractivity contribution is 7.15. The summed E-state index contributed by atoms with van der Waals surface area (Å²) in [6, 6.07) is 7.42. The summed E-state index contributed by atoms with van der Waals surface area (Å²) in [7, 11) is 1.37. The molecule has 1 aliphatic heterocycles. The molecule has 0 unspecified atom stereocenters. The van der Waals surface area contributed by atoms with Gasteiger partial charge in [-0.3, -0.25) is 10.1 Å². The van der Waals surface area contributed by atoms with Crippen molar-refractivity contribution in [3.63, 3.8) is 0 Å². The Bertz CT molecular complexity index is 757. The van der Waals surface area contributed by atoms with Gasteiger partial charge >= 0.3 is 6.09 Å². The molecule has 2 aromatic rings. The number of aromatic nitrogens is 1. The molecule has 1 aromatic carbocycles. The molecule has 23 heavy (non-hydrogen) atoms. The van der Waals surface area contributed by atoms with Gasteiger partial charge in [0, 0.05) is 23.4 Å². The SMILES string of the molecule is COC(=O)N1CCc2nc(NC(=O)c3ccccc3C)sc2C1. The van der Waals surface area contributed by atoms with Crippen LogP contribution < -0.4 is 5.32 Å². The molecule has 0 aliphatic carbocycles. The van der Waals surface area contributed by atoms with E-state index in [-0.39, 0.29) is 12.0 Å². The molecule has 3 rings (SSSR count). The third-order valence-electron chi connectivity index (χ3n) is 3.77. The van der Waals surface area contributed by atoms with Crippen molar-refractivity contribution in [2.45, 2.75) is 19.9 Å². The molecule has 0 saturated heterocycles. The van der Waals surface area contributed by atoms with Crippen LogP contribution in [0.4, 0.5) is 9.93 Å². The van der Waals surface area contributed by atoms with E-state index in [0.29, 0.717) is 30.2 Å². The molecule has 6 nitrogen and oxygen atoms in total. The fraction of sp³-hybridized carbons (Fsp3) is 0.312. The van der Waals surface area contributed by atoms with E-state index in [4.69, 9.17) is 4.74 Å². The van der Waals surface area contributed by atoms with Crippen LogP contribution in [0.3, 0.4) is 0 Å². The van der Waals surface area contributed by atoms with Crippen molar-refractivity contribution in [3.05, 3.63) is 46.0 Å². The molecule has 0 saturated carbocycles. The van der Waals surface area contributed by atoms with Gasteiger partial charge in [0.2, 0.25) is 0 Å². The summed E-state index contributed by atoms with van der Waals surface area (Å²) < 4.78 is 4.75. The number of nitrogens with zero attached hydrogens (tertiary/aromatic N) is 2. The van der Waals surface area contributed by atoms with Gasteiger partial charge in [0.15, 0.2) is 5.13 Å². The lowest BCUT2D eigenvalue weighted by atomic mass is 10.1. The van der Waals surface area contributed by atoms with E-state index < -0.39 is 0 Å². The van der Waals surface area contributed by atoms with Gasteiger partial charge in [0.1, 0.15) is 0 Å². The molecule has 0 spiro atoms. The zero-order valence-corrected chi connectivity index (χ0v) is 13.8. The number of carbonyl (C=O) groups is 2. The number of methoxy groups -OCH3 is 1. The van der Waals surface area contributed by atoms with E-state index in [0.717, 1.165) is 16.1 Å². The van der Waals surface area contributed by atoms with Crippen LogP contribution in [-0.2, 0) is 17.7 Å². The second-order valence-electron chi connectivity index (χ2n) is 5.30. The van der Waals surface area contributed by atoms with Crippen molar-refractivity contribution in [2.24, 2.45) is 0 Å². The monoisotopic (exact) mass is 331 g/mol. The molecule has 0 radical (unpaired) electrons. The second-order valence-corrected chi connectivity index (χ2v) is 6.38. The number of benzene rings is 1. The second kappa shape index (κ2) is 6.37. The third-order valence-corrected chi connectivity index (χ3v) is 4.77. The van der Waals surface area contributed by atoms with Crippen molar-refractivity contribution in [1.29, 1.82) is 0 Å². The zero-order chi connectivity index (χ0) is 16.4. The summed E-state index contributed by atoms with van der Waals surface area (Å²) in [4.78, 5) is 31.0. The summed E-state index contributed by atoms with van der Waals surface area (Å²) in [6.45, 7) is 2.95. The number of fused-ring (bicyclic) bond motifs is 1. The molecule has 1 aromatic heterocycles. The molecule has 0 fully saturated rings. The maximum absolute atomic E-state index is 12.3. The largest absolute Gasteiger partial charge is 0.453 e. The maximum Gasteiger partial charge on any atom is 0.409 e. The predicted octanol–water partition coefficient (Wildman–Crippen LogP) is 2.83. The predicted molar refractivity (Wildman–Crippen MR) is 87.8 cm³/mol. The minimum Gasteiger partial charge on any atom is -0.453 e. The number of hydrogen-bond donors (Lipinski definition) is 1. The van der Waals surface area contributed by atoms with E-state index >= 15 is 0 Å². The van der Waals surface area contributed by atoms with Gasteiger partial charge < -0.3 is 9.64 Å². The number of anilines is 1. The van der Waals surface area contributed by atoms with Gasteiger partial charge in [-0.15, -0.1) is 0 Å². The van der Waals surface area contributed by atoms with Gasteiger partial charge in [0.05, 0.1) is 19.3 Å². The molecular formula is C16H17N3O3S. The average Bonchev–Trinajstić information content (AvgIpc) is 2.95. The molecule has 1 aliphatic rings. The van der Waals surface area contributed by atoms with Gasteiger partial charge in [-0.25, -0.2) is 9.78 Å². The standard InChI is InChI=1S/C16H17N3O3S/c1-10-5-3-4-6-11(10)14(20)18-15-17-12-7-8-19(16(21)22-2)9-13(12)23-15/h3-6H,7-9H2,1-2H3,(H,17,18,20). The summed E-state index contributed by atoms with van der Waals surface area (Å²) in [6.07, 6.45) is 0.329. The Morgan fingerprint density at radius 3 is 2.87 bits per heavy atom. The summed E-state index contributed by atoms with van der Waals surface area (Å²) in [5.74, 6) is -0.168. The highest BCUT2D eigenvalue weighted by Gasteiger charge is 2.25. The van der Waals surface area contributed by atoms with Crippen LogP contribution in [0.15, 0.2) is 24.3 Å². The van der Waals surface area contributed by atoms with Crippen LogP contribution in [-0.4, -0.2) is 35.5 Å². The Kier molecular flexibility index (Phi) is 4.29. The van der Waals surface area contributed by atoms with E-state index in [1.54, 1.807) is 11.0 Å². The number of nitrogens with one attached hydrogen (secondary N) is 1. The first-order chi connectivity index (χ1) is 11.1. The van der Waals surface area contributed by atoms with Crippen LogP contribution >= 0.6 is 11.3 Å². The fourth-order valence-corrected chi connectivity index (χ4v) is 3.54. The van der Waals surface area contributed by atoms with Gasteiger partial charge in [-0.1, -0.05) is 29.5 Å². The Morgan fingerprint density at radius 1 is 1.35 bits per heavy atom. The number of thiazole rings is 1. The molecule has 7 heteroatoms. The van der Waals surface area contributed by atoms with E-state index in [2.05, 4.69) is 10.3 Å². The lowest BCUT2D eigenvalue weighted by Gasteiger charge is -2.24. The van der Waals surface area contributed by atoms with Crippen LogP contribution in [0, 0.1) is 6.92 Å².